The molecule has 0 aromatic heterocycles. The third kappa shape index (κ3) is 3.80. The van der Waals surface area contributed by atoms with Crippen LogP contribution in [0, 0.1) is 17.6 Å². The molecule has 1 fully saturated rings. The second kappa shape index (κ2) is 5.65. The lowest BCUT2D eigenvalue weighted by Gasteiger charge is -2.33. The van der Waals surface area contributed by atoms with Crippen LogP contribution in [0.25, 0.3) is 0 Å². The van der Waals surface area contributed by atoms with Crippen LogP contribution in [0.15, 0.2) is 18.2 Å². The van der Waals surface area contributed by atoms with E-state index in [2.05, 4.69) is 33.0 Å². The smallest absolute Gasteiger partial charge is 0.126 e. The summed E-state index contributed by atoms with van der Waals surface area (Å²) in [6.45, 7) is 8.35. The van der Waals surface area contributed by atoms with Crippen LogP contribution in [0.1, 0.15) is 39.7 Å². The highest BCUT2D eigenvalue weighted by Crippen LogP contribution is 2.44. The summed E-state index contributed by atoms with van der Waals surface area (Å²) < 4.78 is 32.8. The third-order valence-electron chi connectivity index (χ3n) is 4.38. The lowest BCUT2D eigenvalue weighted by molar-refractivity contribution is -0.0774. The molecule has 0 radical (unpaired) electrons. The number of hydrogen-bond donors (Lipinski definition) is 1. The Morgan fingerprint density at radius 2 is 1.76 bits per heavy atom. The van der Waals surface area contributed by atoms with E-state index in [9.17, 15) is 8.78 Å². The van der Waals surface area contributed by atoms with Gasteiger partial charge in [-0.1, -0.05) is 0 Å². The topological polar surface area (TPSA) is 21.3 Å². The molecule has 1 aromatic carbocycles. The Bertz CT molecular complexity index is 493. The van der Waals surface area contributed by atoms with Crippen molar-refractivity contribution < 1.29 is 13.5 Å². The molecular formula is C17H25F2NO. The van der Waals surface area contributed by atoms with E-state index in [-0.39, 0.29) is 23.2 Å². The molecule has 2 rings (SSSR count). The second-order valence-corrected chi connectivity index (χ2v) is 7.15. The minimum absolute atomic E-state index is 0.114. The van der Waals surface area contributed by atoms with E-state index < -0.39 is 11.6 Å². The monoisotopic (exact) mass is 297 g/mol. The summed E-state index contributed by atoms with van der Waals surface area (Å²) in [6, 6.07) is 3.83. The zero-order valence-electron chi connectivity index (χ0n) is 13.5. The van der Waals surface area contributed by atoms with Crippen molar-refractivity contribution in [1.82, 2.24) is 5.32 Å². The van der Waals surface area contributed by atoms with Gasteiger partial charge in [0.15, 0.2) is 0 Å². The van der Waals surface area contributed by atoms with Gasteiger partial charge in [-0.15, -0.1) is 0 Å². The molecule has 1 heterocycles. The predicted molar refractivity (Wildman–Crippen MR) is 80.3 cm³/mol. The largest absolute Gasteiger partial charge is 0.369 e. The molecular weight excluding hydrogens is 272 g/mol. The molecule has 2 atom stereocenters. The van der Waals surface area contributed by atoms with Gasteiger partial charge in [0.05, 0.1) is 11.2 Å². The zero-order chi connectivity index (χ0) is 15.8. The Morgan fingerprint density at radius 1 is 1.19 bits per heavy atom. The average Bonchev–Trinajstić information content (AvgIpc) is 2.53. The van der Waals surface area contributed by atoms with Crippen molar-refractivity contribution in [3.05, 3.63) is 35.4 Å². The lowest BCUT2D eigenvalue weighted by Crippen LogP contribution is -2.44. The Labute approximate surface area is 125 Å². The molecule has 0 spiro atoms. The fourth-order valence-corrected chi connectivity index (χ4v) is 3.66. The van der Waals surface area contributed by atoms with Gasteiger partial charge in [0.2, 0.25) is 0 Å². The van der Waals surface area contributed by atoms with E-state index in [1.807, 2.05) is 7.05 Å². The van der Waals surface area contributed by atoms with E-state index in [0.717, 1.165) is 12.5 Å². The van der Waals surface area contributed by atoms with Gasteiger partial charge in [0.1, 0.15) is 11.6 Å². The maximum Gasteiger partial charge on any atom is 0.126 e. The summed E-state index contributed by atoms with van der Waals surface area (Å²) in [5, 5.41) is 3.30. The van der Waals surface area contributed by atoms with Gasteiger partial charge in [0, 0.05) is 18.0 Å². The van der Waals surface area contributed by atoms with Gasteiger partial charge in [-0.2, -0.15) is 0 Å². The average molecular weight is 297 g/mol. The van der Waals surface area contributed by atoms with Crippen molar-refractivity contribution in [3.8, 4) is 0 Å². The molecule has 1 aliphatic rings. The van der Waals surface area contributed by atoms with E-state index in [0.29, 0.717) is 12.0 Å². The minimum atomic E-state index is -0.526. The highest BCUT2D eigenvalue weighted by atomic mass is 19.1. The molecule has 0 saturated carbocycles. The van der Waals surface area contributed by atoms with Crippen molar-refractivity contribution >= 4 is 0 Å². The molecule has 2 unspecified atom stereocenters. The van der Waals surface area contributed by atoms with Gasteiger partial charge in [0.25, 0.3) is 0 Å². The highest BCUT2D eigenvalue weighted by molar-refractivity contribution is 5.20. The molecule has 0 amide bonds. The minimum Gasteiger partial charge on any atom is -0.369 e. The van der Waals surface area contributed by atoms with Gasteiger partial charge in [-0.25, -0.2) is 8.78 Å². The van der Waals surface area contributed by atoms with Crippen LogP contribution in [0.5, 0.6) is 0 Å². The zero-order valence-corrected chi connectivity index (χ0v) is 13.5. The van der Waals surface area contributed by atoms with E-state index in [4.69, 9.17) is 4.74 Å². The maximum absolute atomic E-state index is 13.3. The quantitative estimate of drug-likeness (QED) is 0.915. The van der Waals surface area contributed by atoms with Crippen LogP contribution in [0.4, 0.5) is 8.78 Å². The molecule has 1 aliphatic heterocycles. The Morgan fingerprint density at radius 3 is 2.19 bits per heavy atom. The molecule has 1 N–H and O–H groups in total. The predicted octanol–water partition coefficient (Wildman–Crippen LogP) is 3.69. The highest BCUT2D eigenvalue weighted by Gasteiger charge is 2.48. The molecule has 4 heteroatoms. The number of hydrogen-bond acceptors (Lipinski definition) is 2. The van der Waals surface area contributed by atoms with Crippen LogP contribution in [0.2, 0.25) is 0 Å². The normalized spacial score (nSPS) is 25.0. The Balaban J connectivity index is 2.20. The summed E-state index contributed by atoms with van der Waals surface area (Å²) in [6.07, 6.45) is 1.50. The first-order valence-electron chi connectivity index (χ1n) is 7.45. The number of halogens is 2. The first kappa shape index (κ1) is 16.4. The number of likely N-dealkylation sites (N-methyl/N-ethyl adjacent to an activating group) is 1. The molecule has 1 aromatic rings. The lowest BCUT2D eigenvalue weighted by atomic mass is 9.79. The van der Waals surface area contributed by atoms with Crippen LogP contribution in [-0.4, -0.2) is 24.3 Å². The summed E-state index contributed by atoms with van der Waals surface area (Å²) in [4.78, 5) is 0. The van der Waals surface area contributed by atoms with Crippen molar-refractivity contribution in [2.45, 2.75) is 57.8 Å². The molecule has 21 heavy (non-hydrogen) atoms. The van der Waals surface area contributed by atoms with E-state index in [1.165, 1.54) is 12.1 Å². The van der Waals surface area contributed by atoms with Gasteiger partial charge in [-0.05, 0) is 65.3 Å². The number of ether oxygens (including phenoxy) is 1. The third-order valence-corrected chi connectivity index (χ3v) is 4.38. The molecule has 1 saturated heterocycles. The first-order valence-corrected chi connectivity index (χ1v) is 7.45. The summed E-state index contributed by atoms with van der Waals surface area (Å²) in [7, 11) is 1.89. The van der Waals surface area contributed by atoms with E-state index >= 15 is 0 Å². The Kier molecular flexibility index (Phi) is 4.41. The first-order chi connectivity index (χ1) is 9.63. The number of rotatable bonds is 4. The van der Waals surface area contributed by atoms with E-state index in [1.54, 1.807) is 0 Å². The Hall–Kier alpha value is -1.00. The fraction of sp³-hybridized carbons (Fsp3) is 0.647. The number of nitrogens with one attached hydrogen (secondary N) is 1. The van der Waals surface area contributed by atoms with Crippen molar-refractivity contribution in [2.75, 3.05) is 7.05 Å². The van der Waals surface area contributed by atoms with Gasteiger partial charge >= 0.3 is 0 Å². The van der Waals surface area contributed by atoms with Crippen LogP contribution < -0.4 is 5.32 Å². The SMILES string of the molecule is CNC(Cc1cc(F)cc(F)c1)C1CC(C)(C)OC1(C)C. The molecule has 118 valence electrons. The molecule has 0 aliphatic carbocycles. The van der Waals surface area contributed by atoms with Crippen LogP contribution in [-0.2, 0) is 11.2 Å². The van der Waals surface area contributed by atoms with Crippen LogP contribution >= 0.6 is 0 Å². The maximum atomic E-state index is 13.3. The van der Waals surface area contributed by atoms with Crippen molar-refractivity contribution in [1.29, 1.82) is 0 Å². The number of benzene rings is 1. The molecule has 0 bridgehead atoms. The van der Waals surface area contributed by atoms with Crippen LogP contribution in [0.3, 0.4) is 0 Å². The summed E-state index contributed by atoms with van der Waals surface area (Å²) in [5.74, 6) is -0.770. The van der Waals surface area contributed by atoms with Gasteiger partial charge in [-0.3, -0.25) is 0 Å². The second-order valence-electron chi connectivity index (χ2n) is 7.15. The standard InChI is InChI=1S/C17H25F2NO/c1-16(2)10-14(17(3,4)21-16)15(20-5)8-11-6-12(18)9-13(19)7-11/h6-7,9,14-15,20H,8,10H2,1-5H3. The summed E-state index contributed by atoms with van der Waals surface area (Å²) in [5.41, 5.74) is 0.242. The molecule has 2 nitrogen and oxygen atoms in total. The van der Waals surface area contributed by atoms with Gasteiger partial charge < -0.3 is 10.1 Å². The van der Waals surface area contributed by atoms with Crippen molar-refractivity contribution in [2.24, 2.45) is 5.92 Å². The summed E-state index contributed by atoms with van der Waals surface area (Å²) >= 11 is 0. The fourth-order valence-electron chi connectivity index (χ4n) is 3.66. The van der Waals surface area contributed by atoms with Crippen molar-refractivity contribution in [3.63, 3.8) is 0 Å².